The Morgan fingerprint density at radius 2 is 2.16 bits per heavy atom. The van der Waals surface area contributed by atoms with Crippen LogP contribution < -0.4 is 10.2 Å². The lowest BCUT2D eigenvalue weighted by Crippen LogP contribution is -2.59. The molecule has 0 aromatic carbocycles. The summed E-state index contributed by atoms with van der Waals surface area (Å²) in [6.07, 6.45) is 9.36. The number of carbonyl (C=O) groups is 1. The molecule has 4 heterocycles. The molecule has 1 unspecified atom stereocenters. The fourth-order valence-electron chi connectivity index (χ4n) is 5.65. The molecule has 2 aromatic rings. The third-order valence-electron chi connectivity index (χ3n) is 7.66. The van der Waals surface area contributed by atoms with Crippen LogP contribution in [0.1, 0.15) is 44.3 Å². The number of nitrogens with zero attached hydrogens (tertiary/aromatic N) is 5. The number of pyridine rings is 1. The summed E-state index contributed by atoms with van der Waals surface area (Å²) in [6.45, 7) is 11.6. The van der Waals surface area contributed by atoms with E-state index in [-0.39, 0.29) is 17.4 Å². The third kappa shape index (κ3) is 5.66. The number of carbonyl (C=O) groups excluding carboxylic acids is 1. The van der Waals surface area contributed by atoms with Crippen LogP contribution in [-0.2, 0) is 23.2 Å². The van der Waals surface area contributed by atoms with Crippen molar-refractivity contribution in [2.24, 2.45) is 0 Å². The number of aromatic nitrogens is 3. The van der Waals surface area contributed by atoms with Crippen LogP contribution >= 0.6 is 11.6 Å². The molecule has 1 saturated heterocycles. The number of alkyl halides is 1. The Morgan fingerprint density at radius 3 is 2.86 bits per heavy atom. The smallest absolute Gasteiger partial charge is 0.241 e. The second-order valence-electron chi connectivity index (χ2n) is 11.3. The Bertz CT molecular complexity index is 1240. The highest BCUT2D eigenvalue weighted by Crippen LogP contribution is 2.40. The van der Waals surface area contributed by atoms with Gasteiger partial charge in [0.2, 0.25) is 5.91 Å². The monoisotopic (exact) mass is 526 g/mol. The number of hydrogen-bond donors (Lipinski definition) is 1. The minimum atomic E-state index is -0.901. The van der Waals surface area contributed by atoms with Crippen molar-refractivity contribution in [1.82, 2.24) is 24.8 Å². The van der Waals surface area contributed by atoms with Gasteiger partial charge in [-0.05, 0) is 37.5 Å². The van der Waals surface area contributed by atoms with Crippen molar-refractivity contribution in [2.75, 3.05) is 31.1 Å². The highest BCUT2D eigenvalue weighted by Gasteiger charge is 2.40. The summed E-state index contributed by atoms with van der Waals surface area (Å²) in [5.41, 5.74) is 3.74. The Hall–Kier alpha value is -2.55. The number of nitrogens with one attached hydrogen (secondary N) is 1. The van der Waals surface area contributed by atoms with E-state index in [1.165, 1.54) is 0 Å². The molecule has 0 bridgehead atoms. The maximum atomic E-state index is 13.8. The van der Waals surface area contributed by atoms with Crippen LogP contribution in [0.15, 0.2) is 42.3 Å². The Balaban J connectivity index is 1.34. The molecule has 3 atom stereocenters. The van der Waals surface area contributed by atoms with Crippen molar-refractivity contribution in [3.05, 3.63) is 64.5 Å². The van der Waals surface area contributed by atoms with Gasteiger partial charge in [-0.1, -0.05) is 43.7 Å². The molecule has 0 saturated carbocycles. The number of aryl methyl sites for hydroxylation is 1. The van der Waals surface area contributed by atoms with E-state index < -0.39 is 6.17 Å². The SMILES string of the molecule is Cc1nc(Cl)cn1C[C@H]1CN[C@H](C)CN1CC(=O)N1CC(C)(C)c2ncc(CC3=CCC(F)C=C3)cc21. The number of piperazine rings is 1. The van der Waals surface area contributed by atoms with Gasteiger partial charge >= 0.3 is 0 Å². The van der Waals surface area contributed by atoms with Crippen LogP contribution in [0, 0.1) is 6.92 Å². The summed E-state index contributed by atoms with van der Waals surface area (Å²) in [4.78, 5) is 27.1. The van der Waals surface area contributed by atoms with Gasteiger partial charge in [0.1, 0.15) is 17.1 Å². The zero-order valence-corrected chi connectivity index (χ0v) is 22.8. The number of anilines is 1. The van der Waals surface area contributed by atoms with Crippen molar-refractivity contribution in [2.45, 2.75) is 70.8 Å². The van der Waals surface area contributed by atoms with Crippen molar-refractivity contribution in [1.29, 1.82) is 0 Å². The van der Waals surface area contributed by atoms with Gasteiger partial charge in [0, 0.05) is 62.5 Å². The first-order valence-corrected chi connectivity index (χ1v) is 13.4. The zero-order valence-electron chi connectivity index (χ0n) is 22.0. The molecule has 198 valence electrons. The molecule has 0 radical (unpaired) electrons. The van der Waals surface area contributed by atoms with Gasteiger partial charge in [-0.2, -0.15) is 0 Å². The molecule has 5 rings (SSSR count). The average molecular weight is 527 g/mol. The van der Waals surface area contributed by atoms with Gasteiger partial charge in [0.15, 0.2) is 0 Å². The van der Waals surface area contributed by atoms with Crippen molar-refractivity contribution < 1.29 is 9.18 Å². The van der Waals surface area contributed by atoms with E-state index in [0.717, 1.165) is 41.4 Å². The van der Waals surface area contributed by atoms with Crippen LogP contribution in [0.2, 0.25) is 5.15 Å². The zero-order chi connectivity index (χ0) is 26.3. The fraction of sp³-hybridized carbons (Fsp3) is 0.536. The van der Waals surface area contributed by atoms with Gasteiger partial charge in [-0.15, -0.1) is 0 Å². The summed E-state index contributed by atoms with van der Waals surface area (Å²) in [6, 6.07) is 2.54. The molecule has 1 aliphatic carbocycles. The predicted octanol–water partition coefficient (Wildman–Crippen LogP) is 3.99. The van der Waals surface area contributed by atoms with Crippen LogP contribution in [0.5, 0.6) is 0 Å². The number of allylic oxidation sites excluding steroid dienone is 4. The molecule has 9 heteroatoms. The first-order chi connectivity index (χ1) is 17.6. The molecule has 2 aliphatic heterocycles. The van der Waals surface area contributed by atoms with Crippen molar-refractivity contribution in [3.63, 3.8) is 0 Å². The molecule has 37 heavy (non-hydrogen) atoms. The van der Waals surface area contributed by atoms with Gasteiger partial charge in [-0.3, -0.25) is 14.7 Å². The van der Waals surface area contributed by atoms with Crippen LogP contribution in [-0.4, -0.2) is 69.8 Å². The number of amides is 1. The Kier molecular flexibility index (Phi) is 7.27. The van der Waals surface area contributed by atoms with E-state index in [1.807, 2.05) is 36.4 Å². The summed E-state index contributed by atoms with van der Waals surface area (Å²) in [7, 11) is 0. The number of imidazole rings is 1. The van der Waals surface area contributed by atoms with Crippen LogP contribution in [0.4, 0.5) is 10.1 Å². The lowest BCUT2D eigenvalue weighted by molar-refractivity contribution is -0.120. The van der Waals surface area contributed by atoms with E-state index in [0.29, 0.717) is 43.7 Å². The van der Waals surface area contributed by atoms with E-state index in [4.69, 9.17) is 16.6 Å². The van der Waals surface area contributed by atoms with Crippen LogP contribution in [0.3, 0.4) is 0 Å². The van der Waals surface area contributed by atoms with E-state index in [9.17, 15) is 9.18 Å². The molecule has 1 amide bonds. The number of rotatable bonds is 6. The van der Waals surface area contributed by atoms with Gasteiger partial charge < -0.3 is 14.8 Å². The summed E-state index contributed by atoms with van der Waals surface area (Å²) in [5, 5.41) is 4.04. The van der Waals surface area contributed by atoms with Crippen molar-refractivity contribution >= 4 is 23.2 Å². The van der Waals surface area contributed by atoms with E-state index in [2.05, 4.69) is 46.6 Å². The largest absolute Gasteiger partial charge is 0.332 e. The minimum absolute atomic E-state index is 0.0855. The minimum Gasteiger partial charge on any atom is -0.332 e. The maximum Gasteiger partial charge on any atom is 0.241 e. The second kappa shape index (κ2) is 10.3. The molecule has 1 N–H and O–H groups in total. The average Bonchev–Trinajstić information content (AvgIpc) is 3.30. The normalized spacial score (nSPS) is 25.3. The Morgan fingerprint density at radius 1 is 1.35 bits per heavy atom. The molecule has 1 fully saturated rings. The number of fused-ring (bicyclic) bond motifs is 1. The van der Waals surface area contributed by atoms with E-state index >= 15 is 0 Å². The number of halogens is 2. The molecule has 2 aromatic heterocycles. The number of hydrogen-bond acceptors (Lipinski definition) is 5. The highest BCUT2D eigenvalue weighted by atomic mass is 35.5. The molecular formula is C28H36ClFN6O. The maximum absolute atomic E-state index is 13.8. The lowest BCUT2D eigenvalue weighted by atomic mass is 9.91. The first kappa shape index (κ1) is 26.1. The highest BCUT2D eigenvalue weighted by molar-refractivity contribution is 6.29. The molecule has 0 spiro atoms. The molecule has 7 nitrogen and oxygen atoms in total. The third-order valence-corrected chi connectivity index (χ3v) is 7.84. The van der Waals surface area contributed by atoms with Gasteiger partial charge in [0.05, 0.1) is 17.9 Å². The summed E-state index contributed by atoms with van der Waals surface area (Å²) in [5.74, 6) is 0.955. The van der Waals surface area contributed by atoms with Crippen LogP contribution in [0.25, 0.3) is 0 Å². The molecular weight excluding hydrogens is 491 g/mol. The summed E-state index contributed by atoms with van der Waals surface area (Å²) < 4.78 is 15.5. The molecule has 3 aliphatic rings. The van der Waals surface area contributed by atoms with Gasteiger partial charge in [0.25, 0.3) is 0 Å². The quantitative estimate of drug-likeness (QED) is 0.616. The fourth-order valence-corrected chi connectivity index (χ4v) is 5.89. The standard InChI is InChI=1S/C28H36ClFN6O/c1-18-13-35(23(12-31-18)14-34-15-25(29)33-19(34)2)16-26(37)36-17-28(3,4)27-24(36)10-21(11-32-27)9-20-5-7-22(30)8-6-20/h5-7,10-11,15,18,22-23,31H,8-9,12-14,16-17H2,1-4H3/t18-,22?,23-/m1/s1. The topological polar surface area (TPSA) is 66.3 Å². The second-order valence-corrected chi connectivity index (χ2v) is 11.7. The lowest BCUT2D eigenvalue weighted by Gasteiger charge is -2.40. The van der Waals surface area contributed by atoms with E-state index in [1.54, 1.807) is 6.08 Å². The first-order valence-electron chi connectivity index (χ1n) is 13.1. The Labute approximate surface area is 223 Å². The van der Waals surface area contributed by atoms with Gasteiger partial charge in [-0.25, -0.2) is 9.37 Å². The summed E-state index contributed by atoms with van der Waals surface area (Å²) >= 11 is 6.12. The van der Waals surface area contributed by atoms with Crippen molar-refractivity contribution in [3.8, 4) is 0 Å². The predicted molar refractivity (Wildman–Crippen MR) is 145 cm³/mol.